The minimum absolute atomic E-state index is 0.0155. The van der Waals surface area contributed by atoms with Gasteiger partial charge in [0.25, 0.3) is 0 Å². The number of nitrogens with one attached hydrogen (secondary N) is 2. The van der Waals surface area contributed by atoms with Crippen LogP contribution in [0.25, 0.3) is 0 Å². The second-order valence-corrected chi connectivity index (χ2v) is 15.0. The lowest BCUT2D eigenvalue weighted by Gasteiger charge is -2.58. The number of rotatable bonds is 14. The van der Waals surface area contributed by atoms with Crippen molar-refractivity contribution in [2.75, 3.05) is 13.1 Å². The van der Waals surface area contributed by atoms with Crippen molar-refractivity contribution in [1.82, 2.24) is 10.6 Å². The fourth-order valence-electron chi connectivity index (χ4n) is 9.90. The molecule has 3 saturated carbocycles. The quantitative estimate of drug-likeness (QED) is 0.128. The number of allylic oxidation sites excluding steroid dienone is 1. The highest BCUT2D eigenvalue weighted by atomic mass is 16.6. The van der Waals surface area contributed by atoms with E-state index in [0.717, 1.165) is 93.4 Å². The number of hydrogen-bond donors (Lipinski definition) is 2. The van der Waals surface area contributed by atoms with Crippen molar-refractivity contribution in [3.05, 3.63) is 11.6 Å². The van der Waals surface area contributed by atoms with E-state index < -0.39 is 0 Å². The maximum atomic E-state index is 12.5. The molecule has 0 aliphatic heterocycles. The zero-order valence-corrected chi connectivity index (χ0v) is 26.4. The fraction of sp³-hybridized carbons (Fsp3) is 0.886. The van der Waals surface area contributed by atoms with Gasteiger partial charge in [-0.3, -0.25) is 4.79 Å². The smallest absolute Gasteiger partial charge is 0.407 e. The maximum Gasteiger partial charge on any atom is 0.407 e. The van der Waals surface area contributed by atoms with Crippen molar-refractivity contribution in [3.8, 4) is 0 Å². The normalized spacial score (nSPS) is 35.6. The van der Waals surface area contributed by atoms with E-state index in [1.165, 1.54) is 51.4 Å². The molecule has 4 rings (SSSR count). The Morgan fingerprint density at radius 1 is 0.975 bits per heavy atom. The van der Waals surface area contributed by atoms with Gasteiger partial charge in [-0.15, -0.1) is 0 Å². The van der Waals surface area contributed by atoms with Crippen LogP contribution in [0.2, 0.25) is 0 Å². The minimum Gasteiger partial charge on any atom is -0.446 e. The lowest BCUT2D eigenvalue weighted by atomic mass is 9.47. The van der Waals surface area contributed by atoms with Crippen molar-refractivity contribution in [3.63, 3.8) is 0 Å². The van der Waals surface area contributed by atoms with Crippen LogP contribution < -0.4 is 10.6 Å². The lowest BCUT2D eigenvalue weighted by Crippen LogP contribution is -2.51. The standard InChI is InChI=1S/C35H60N2O3/c1-25(2)11-10-12-26(3)30-15-16-31-29-14-13-27-23-28(17-19-34(27,4)32(29)18-20-35(30,31)5)40-33(39)37-22-9-7-6-8-21-36-24-38/h13,24-26,28-32H,6-12,14-23H2,1-5H3,(H,36,38)(H,37,39)/t26-,28?,29+,30-,31+,32+,34+,35-/m1/s1. The maximum absolute atomic E-state index is 12.5. The molecular formula is C35H60N2O3. The van der Waals surface area contributed by atoms with E-state index in [-0.39, 0.29) is 12.2 Å². The molecular weight excluding hydrogens is 496 g/mol. The molecule has 5 nitrogen and oxygen atoms in total. The Morgan fingerprint density at radius 2 is 1.75 bits per heavy atom. The van der Waals surface area contributed by atoms with Crippen molar-refractivity contribution in [1.29, 1.82) is 0 Å². The van der Waals surface area contributed by atoms with Crippen LogP contribution in [0.4, 0.5) is 4.79 Å². The number of unbranched alkanes of at least 4 members (excludes halogenated alkanes) is 3. The molecule has 4 aliphatic carbocycles. The highest BCUT2D eigenvalue weighted by Gasteiger charge is 2.59. The summed E-state index contributed by atoms with van der Waals surface area (Å²) >= 11 is 0. The van der Waals surface area contributed by atoms with Crippen LogP contribution in [0.15, 0.2) is 11.6 Å². The Hall–Kier alpha value is -1.52. The third-order valence-electron chi connectivity index (χ3n) is 12.1. The molecule has 0 heterocycles. The summed E-state index contributed by atoms with van der Waals surface area (Å²) in [5.74, 6) is 5.13. The average molecular weight is 557 g/mol. The van der Waals surface area contributed by atoms with E-state index in [4.69, 9.17) is 4.74 Å². The molecule has 5 heteroatoms. The molecule has 4 aliphatic rings. The molecule has 2 N–H and O–H groups in total. The average Bonchev–Trinajstić information content (AvgIpc) is 3.27. The summed E-state index contributed by atoms with van der Waals surface area (Å²) in [5.41, 5.74) is 2.41. The highest BCUT2D eigenvalue weighted by Crippen LogP contribution is 2.67. The van der Waals surface area contributed by atoms with Gasteiger partial charge in [-0.05, 0) is 104 Å². The first-order valence-electron chi connectivity index (χ1n) is 17.0. The third kappa shape index (κ3) is 7.09. The van der Waals surface area contributed by atoms with Crippen LogP contribution in [-0.2, 0) is 9.53 Å². The van der Waals surface area contributed by atoms with Gasteiger partial charge in [0.15, 0.2) is 0 Å². The predicted octanol–water partition coefficient (Wildman–Crippen LogP) is 8.43. The number of amides is 2. The summed E-state index contributed by atoms with van der Waals surface area (Å²) in [4.78, 5) is 22.8. The number of carbonyl (C=O) groups excluding carboxylic acids is 2. The van der Waals surface area contributed by atoms with Crippen LogP contribution in [0.5, 0.6) is 0 Å². The molecule has 0 aromatic carbocycles. The summed E-state index contributed by atoms with van der Waals surface area (Å²) in [7, 11) is 0. The highest BCUT2D eigenvalue weighted by molar-refractivity contribution is 5.67. The molecule has 40 heavy (non-hydrogen) atoms. The van der Waals surface area contributed by atoms with E-state index in [0.29, 0.717) is 17.4 Å². The number of hydrogen-bond acceptors (Lipinski definition) is 3. The Bertz CT molecular complexity index is 871. The molecule has 2 amide bonds. The molecule has 0 aromatic heterocycles. The van der Waals surface area contributed by atoms with E-state index in [2.05, 4.69) is 51.3 Å². The summed E-state index contributed by atoms with van der Waals surface area (Å²) in [6, 6.07) is 0. The van der Waals surface area contributed by atoms with Crippen LogP contribution in [0, 0.1) is 46.3 Å². The first-order chi connectivity index (χ1) is 19.2. The van der Waals surface area contributed by atoms with Crippen LogP contribution in [0.3, 0.4) is 0 Å². The van der Waals surface area contributed by atoms with Crippen molar-refractivity contribution >= 4 is 12.5 Å². The van der Waals surface area contributed by atoms with E-state index in [1.54, 1.807) is 5.57 Å². The number of alkyl carbamates (subject to hydrolysis) is 1. The van der Waals surface area contributed by atoms with Gasteiger partial charge in [0.05, 0.1) is 0 Å². The second kappa shape index (κ2) is 14.1. The van der Waals surface area contributed by atoms with Crippen molar-refractivity contribution in [2.24, 2.45) is 46.3 Å². The Labute approximate surface area is 245 Å². The van der Waals surface area contributed by atoms with Gasteiger partial charge in [0.1, 0.15) is 6.10 Å². The molecule has 0 radical (unpaired) electrons. The van der Waals surface area contributed by atoms with Crippen LogP contribution in [-0.4, -0.2) is 31.7 Å². The first kappa shape index (κ1) is 31.4. The molecule has 0 bridgehead atoms. The third-order valence-corrected chi connectivity index (χ3v) is 12.1. The van der Waals surface area contributed by atoms with E-state index >= 15 is 0 Å². The van der Waals surface area contributed by atoms with Crippen LogP contribution in [0.1, 0.15) is 131 Å². The molecule has 0 spiro atoms. The van der Waals surface area contributed by atoms with Gasteiger partial charge in [0, 0.05) is 19.5 Å². The zero-order valence-electron chi connectivity index (χ0n) is 26.4. The first-order valence-corrected chi connectivity index (χ1v) is 17.0. The number of carbonyl (C=O) groups is 2. The molecule has 0 saturated heterocycles. The predicted molar refractivity (Wildman–Crippen MR) is 164 cm³/mol. The Balaban J connectivity index is 1.26. The lowest BCUT2D eigenvalue weighted by molar-refractivity contribution is -0.109. The topological polar surface area (TPSA) is 67.4 Å². The molecule has 228 valence electrons. The van der Waals surface area contributed by atoms with Gasteiger partial charge in [-0.2, -0.15) is 0 Å². The zero-order chi connectivity index (χ0) is 28.8. The Kier molecular flexibility index (Phi) is 11.1. The van der Waals surface area contributed by atoms with Gasteiger partial charge < -0.3 is 15.4 Å². The largest absolute Gasteiger partial charge is 0.446 e. The summed E-state index contributed by atoms with van der Waals surface area (Å²) in [6.45, 7) is 13.9. The summed E-state index contributed by atoms with van der Waals surface area (Å²) < 4.78 is 5.91. The summed E-state index contributed by atoms with van der Waals surface area (Å²) in [6.07, 6.45) is 21.4. The number of ether oxygens (including phenoxy) is 1. The monoisotopic (exact) mass is 556 g/mol. The molecule has 1 unspecified atom stereocenters. The van der Waals surface area contributed by atoms with Crippen molar-refractivity contribution < 1.29 is 14.3 Å². The summed E-state index contributed by atoms with van der Waals surface area (Å²) in [5, 5.41) is 5.66. The SMILES string of the molecule is CC(C)CCC[C@@H](C)[C@H]1CC[C@H]2[C@@H]3CC=C4CC(OC(=O)NCCCCCCNC=O)CC[C@]4(C)[C@H]3CC[C@]12C. The number of fused-ring (bicyclic) bond motifs is 5. The van der Waals surface area contributed by atoms with Crippen LogP contribution >= 0.6 is 0 Å². The van der Waals surface area contributed by atoms with Crippen molar-refractivity contribution in [2.45, 2.75) is 137 Å². The van der Waals surface area contributed by atoms with Gasteiger partial charge in [-0.25, -0.2) is 4.79 Å². The van der Waals surface area contributed by atoms with E-state index in [1.807, 2.05) is 0 Å². The minimum atomic E-state index is -0.251. The van der Waals surface area contributed by atoms with Gasteiger partial charge in [0.2, 0.25) is 6.41 Å². The van der Waals surface area contributed by atoms with Gasteiger partial charge >= 0.3 is 6.09 Å². The molecule has 8 atom stereocenters. The van der Waals surface area contributed by atoms with Gasteiger partial charge in [-0.1, -0.05) is 78.4 Å². The molecule has 0 aromatic rings. The second-order valence-electron chi connectivity index (χ2n) is 15.0. The van der Waals surface area contributed by atoms with E-state index in [9.17, 15) is 9.59 Å². The molecule has 3 fully saturated rings. The Morgan fingerprint density at radius 3 is 2.50 bits per heavy atom. The fourth-order valence-corrected chi connectivity index (χ4v) is 9.90.